The third-order valence-electron chi connectivity index (χ3n) is 10.1. The first-order chi connectivity index (χ1) is 17.3. The van der Waals surface area contributed by atoms with E-state index in [1.165, 1.54) is 6.08 Å². The highest BCUT2D eigenvalue weighted by Gasteiger charge is 2.73. The van der Waals surface area contributed by atoms with Crippen LogP contribution in [0.15, 0.2) is 24.3 Å². The molecule has 0 amide bonds. The molecule has 4 fully saturated rings. The zero-order valence-corrected chi connectivity index (χ0v) is 24.3. The predicted octanol–water partition coefficient (Wildman–Crippen LogP) is 4.08. The van der Waals surface area contributed by atoms with Gasteiger partial charge in [-0.05, 0) is 47.5 Å². The summed E-state index contributed by atoms with van der Waals surface area (Å²) < 4.78 is 24.2. The van der Waals surface area contributed by atoms with E-state index in [0.29, 0.717) is 0 Å². The van der Waals surface area contributed by atoms with E-state index in [0.717, 1.165) is 5.57 Å². The van der Waals surface area contributed by atoms with Gasteiger partial charge in [-0.1, -0.05) is 32.4 Å². The van der Waals surface area contributed by atoms with Crippen molar-refractivity contribution >= 4 is 17.7 Å². The van der Waals surface area contributed by atoms with Gasteiger partial charge in [0.05, 0.1) is 17.8 Å². The second-order valence-corrected chi connectivity index (χ2v) is 13.5. The number of aliphatic hydroxyl groups excluding tert-OH is 1. The number of hydrogen-bond donors (Lipinski definition) is 1. The average molecular weight is 533 g/mol. The number of epoxide rings is 1. The largest absolute Gasteiger partial charge is 0.459 e. The van der Waals surface area contributed by atoms with Crippen molar-refractivity contribution in [2.45, 2.75) is 123 Å². The van der Waals surface area contributed by atoms with Crippen LogP contribution in [0.4, 0.5) is 0 Å². The zero-order valence-electron chi connectivity index (χ0n) is 24.3. The average Bonchev–Trinajstić information content (AvgIpc) is 3.40. The Morgan fingerprint density at radius 2 is 1.68 bits per heavy atom. The van der Waals surface area contributed by atoms with Crippen LogP contribution in [0, 0.1) is 22.7 Å². The van der Waals surface area contributed by atoms with E-state index in [9.17, 15) is 19.5 Å². The normalized spacial score (nSPS) is 47.2. The number of Topliss-reactive ketones (excluding diaryl/α,β-unsaturated/α-hetero) is 1. The molecule has 2 aliphatic heterocycles. The standard InChI is InChI=1S/C30H44O8/c1-11-27(7)15-18(31)24-28(8)19(13-20(32)30(24,10)38-27)26(5,6)21(36-25(34)29(9)17(4)37-29)14-22(28)35-23(33)12-16(2)3/h11-12,17-19,21-22,24,31H,1,13-15H2,2-10H3. The topological polar surface area (TPSA) is 112 Å². The summed E-state index contributed by atoms with van der Waals surface area (Å²) in [7, 11) is 0. The van der Waals surface area contributed by atoms with E-state index in [1.54, 1.807) is 19.9 Å². The van der Waals surface area contributed by atoms with Crippen LogP contribution in [-0.2, 0) is 33.3 Å². The molecule has 38 heavy (non-hydrogen) atoms. The molecule has 8 nitrogen and oxygen atoms in total. The monoisotopic (exact) mass is 532 g/mol. The van der Waals surface area contributed by atoms with Crippen LogP contribution in [0.3, 0.4) is 0 Å². The lowest BCUT2D eigenvalue weighted by Gasteiger charge is -2.67. The molecule has 2 heterocycles. The molecule has 4 aliphatic rings. The fourth-order valence-electron chi connectivity index (χ4n) is 7.72. The van der Waals surface area contributed by atoms with Crippen LogP contribution < -0.4 is 0 Å². The molecule has 0 aromatic carbocycles. The summed E-state index contributed by atoms with van der Waals surface area (Å²) in [6, 6.07) is 0. The second kappa shape index (κ2) is 9.00. The molecular formula is C30H44O8. The quantitative estimate of drug-likeness (QED) is 0.244. The Labute approximate surface area is 226 Å². The smallest absolute Gasteiger partial charge is 0.341 e. The number of rotatable bonds is 5. The maximum Gasteiger partial charge on any atom is 0.341 e. The van der Waals surface area contributed by atoms with Crippen LogP contribution in [0.5, 0.6) is 0 Å². The Morgan fingerprint density at radius 3 is 2.21 bits per heavy atom. The fraction of sp³-hybridized carbons (Fsp3) is 0.767. The van der Waals surface area contributed by atoms with Crippen molar-refractivity contribution in [2.75, 3.05) is 0 Å². The molecule has 0 spiro atoms. The molecule has 0 radical (unpaired) electrons. The summed E-state index contributed by atoms with van der Waals surface area (Å²) >= 11 is 0. The number of carbonyl (C=O) groups excluding carboxylic acids is 3. The number of ether oxygens (including phenoxy) is 4. The number of carbonyl (C=O) groups is 3. The van der Waals surface area contributed by atoms with Gasteiger partial charge in [-0.3, -0.25) is 4.79 Å². The Bertz CT molecular complexity index is 1070. The molecule has 10 atom stereocenters. The minimum atomic E-state index is -1.31. The molecule has 2 aliphatic carbocycles. The molecular weight excluding hydrogens is 488 g/mol. The first kappa shape index (κ1) is 29.0. The van der Waals surface area contributed by atoms with E-state index in [2.05, 4.69) is 6.58 Å². The van der Waals surface area contributed by atoms with Gasteiger partial charge in [0.2, 0.25) is 0 Å². The number of hydrogen-bond acceptors (Lipinski definition) is 8. The Balaban J connectivity index is 1.80. The van der Waals surface area contributed by atoms with Crippen LogP contribution in [0.1, 0.15) is 81.6 Å². The molecule has 0 aromatic rings. The predicted molar refractivity (Wildman–Crippen MR) is 140 cm³/mol. The fourth-order valence-corrected chi connectivity index (χ4v) is 7.72. The van der Waals surface area contributed by atoms with Gasteiger partial charge in [0.15, 0.2) is 11.4 Å². The molecule has 0 bridgehead atoms. The van der Waals surface area contributed by atoms with Crippen LogP contribution in [0.25, 0.3) is 0 Å². The van der Waals surface area contributed by atoms with E-state index >= 15 is 0 Å². The van der Waals surface area contributed by atoms with Gasteiger partial charge < -0.3 is 24.1 Å². The first-order valence-electron chi connectivity index (χ1n) is 13.6. The molecule has 212 valence electrons. The van der Waals surface area contributed by atoms with Crippen molar-refractivity contribution in [3.63, 3.8) is 0 Å². The summed E-state index contributed by atoms with van der Waals surface area (Å²) in [5.74, 6) is -2.12. The molecule has 2 saturated heterocycles. The highest BCUT2D eigenvalue weighted by Crippen LogP contribution is 2.66. The van der Waals surface area contributed by atoms with Gasteiger partial charge in [-0.25, -0.2) is 9.59 Å². The molecule has 8 heteroatoms. The Kier molecular flexibility index (Phi) is 6.86. The number of aliphatic hydroxyl groups is 1. The minimum absolute atomic E-state index is 0.127. The number of ketones is 1. The van der Waals surface area contributed by atoms with Crippen molar-refractivity contribution in [1.29, 1.82) is 0 Å². The summed E-state index contributed by atoms with van der Waals surface area (Å²) in [6.07, 6.45) is 1.14. The maximum absolute atomic E-state index is 13.9. The third kappa shape index (κ3) is 4.27. The lowest BCUT2D eigenvalue weighted by molar-refractivity contribution is -0.295. The van der Waals surface area contributed by atoms with Gasteiger partial charge in [0.25, 0.3) is 0 Å². The molecule has 2 saturated carbocycles. The summed E-state index contributed by atoms with van der Waals surface area (Å²) in [5.41, 5.74) is -3.93. The summed E-state index contributed by atoms with van der Waals surface area (Å²) in [5, 5.41) is 11.6. The lowest BCUT2D eigenvalue weighted by atomic mass is 9.42. The van der Waals surface area contributed by atoms with Gasteiger partial charge in [0.1, 0.15) is 17.8 Å². The van der Waals surface area contributed by atoms with Gasteiger partial charge in [-0.2, -0.15) is 0 Å². The number of fused-ring (bicyclic) bond motifs is 3. The highest BCUT2D eigenvalue weighted by molar-refractivity contribution is 5.89. The van der Waals surface area contributed by atoms with Crippen LogP contribution in [0.2, 0.25) is 0 Å². The van der Waals surface area contributed by atoms with Crippen LogP contribution in [-0.4, -0.2) is 64.0 Å². The minimum Gasteiger partial charge on any atom is -0.459 e. The van der Waals surface area contributed by atoms with Gasteiger partial charge >= 0.3 is 11.9 Å². The number of esters is 2. The van der Waals surface area contributed by atoms with Gasteiger partial charge in [0, 0.05) is 42.1 Å². The zero-order chi connectivity index (χ0) is 28.6. The third-order valence-corrected chi connectivity index (χ3v) is 10.1. The van der Waals surface area contributed by atoms with E-state index < -0.39 is 63.8 Å². The number of allylic oxidation sites excluding steroid dienone is 1. The Morgan fingerprint density at radius 1 is 1.08 bits per heavy atom. The van der Waals surface area contributed by atoms with Crippen molar-refractivity contribution in [2.24, 2.45) is 22.7 Å². The van der Waals surface area contributed by atoms with Crippen molar-refractivity contribution in [3.8, 4) is 0 Å². The summed E-state index contributed by atoms with van der Waals surface area (Å²) in [6.45, 7) is 20.5. The van der Waals surface area contributed by atoms with Gasteiger partial charge in [-0.15, -0.1) is 6.58 Å². The van der Waals surface area contributed by atoms with Crippen molar-refractivity contribution in [1.82, 2.24) is 0 Å². The molecule has 4 rings (SSSR count). The SMILES string of the molecule is C=CC1(C)CC(O)C2C(C)(O1)C(=O)CC1C(C)(C)C(OC(=O)C3(C)OC3C)CC(OC(=O)C=C(C)C)C21C. The molecule has 0 aromatic heterocycles. The lowest BCUT2D eigenvalue weighted by Crippen LogP contribution is -2.74. The first-order valence-corrected chi connectivity index (χ1v) is 13.6. The van der Waals surface area contributed by atoms with Crippen LogP contribution >= 0.6 is 0 Å². The second-order valence-electron chi connectivity index (χ2n) is 13.5. The van der Waals surface area contributed by atoms with Crippen molar-refractivity contribution < 1.29 is 38.4 Å². The van der Waals surface area contributed by atoms with E-state index in [4.69, 9.17) is 18.9 Å². The van der Waals surface area contributed by atoms with Crippen molar-refractivity contribution in [3.05, 3.63) is 24.3 Å². The van der Waals surface area contributed by atoms with E-state index in [-0.39, 0.29) is 37.1 Å². The molecule has 10 unspecified atom stereocenters. The maximum atomic E-state index is 13.9. The molecule has 1 N–H and O–H groups in total. The highest BCUT2D eigenvalue weighted by atomic mass is 16.7. The summed E-state index contributed by atoms with van der Waals surface area (Å²) in [4.78, 5) is 40.0. The van der Waals surface area contributed by atoms with E-state index in [1.807, 2.05) is 48.5 Å². The Hall–Kier alpha value is -2.03.